The van der Waals surface area contributed by atoms with Crippen molar-refractivity contribution in [1.82, 2.24) is 0 Å². The second-order valence-electron chi connectivity index (χ2n) is 4.79. The summed E-state index contributed by atoms with van der Waals surface area (Å²) in [6.45, 7) is 6.18. The van der Waals surface area contributed by atoms with Crippen LogP contribution in [0.15, 0.2) is 12.7 Å². The van der Waals surface area contributed by atoms with Crippen molar-refractivity contribution >= 4 is 0 Å². The van der Waals surface area contributed by atoms with Crippen molar-refractivity contribution in [3.63, 3.8) is 0 Å². The number of hydrogen-bond donors (Lipinski definition) is 0. The van der Waals surface area contributed by atoms with E-state index in [4.69, 9.17) is 0 Å². The Balaban J connectivity index is 1.86. The molecule has 0 spiro atoms. The standard InChI is InChI=1S/C14H26/c1-3-5-6-7-8-9-10-14-12-11-13(14)4-2/h4,13-14H,2-3,5-12H2,1H3. The summed E-state index contributed by atoms with van der Waals surface area (Å²) in [5.74, 6) is 1.87. The maximum atomic E-state index is 3.90. The van der Waals surface area contributed by atoms with E-state index < -0.39 is 0 Å². The lowest BCUT2D eigenvalue weighted by Crippen LogP contribution is -2.23. The Labute approximate surface area is 89.8 Å². The fourth-order valence-electron chi connectivity index (χ4n) is 2.45. The van der Waals surface area contributed by atoms with E-state index in [0.29, 0.717) is 0 Å². The number of allylic oxidation sites excluding steroid dienone is 1. The van der Waals surface area contributed by atoms with Crippen molar-refractivity contribution in [2.75, 3.05) is 0 Å². The van der Waals surface area contributed by atoms with Crippen molar-refractivity contribution in [1.29, 1.82) is 0 Å². The molecule has 0 aliphatic heterocycles. The van der Waals surface area contributed by atoms with Crippen LogP contribution in [-0.2, 0) is 0 Å². The summed E-state index contributed by atoms with van der Waals surface area (Å²) in [6, 6.07) is 0. The molecule has 0 radical (unpaired) electrons. The van der Waals surface area contributed by atoms with Gasteiger partial charge in [-0.1, -0.05) is 51.5 Å². The van der Waals surface area contributed by atoms with Gasteiger partial charge in [0.2, 0.25) is 0 Å². The molecule has 2 unspecified atom stereocenters. The lowest BCUT2D eigenvalue weighted by Gasteiger charge is -2.34. The van der Waals surface area contributed by atoms with E-state index in [0.717, 1.165) is 11.8 Å². The lowest BCUT2D eigenvalue weighted by atomic mass is 9.71. The molecule has 1 rings (SSSR count). The monoisotopic (exact) mass is 194 g/mol. The van der Waals surface area contributed by atoms with Crippen LogP contribution in [0.4, 0.5) is 0 Å². The van der Waals surface area contributed by atoms with Gasteiger partial charge in [-0.25, -0.2) is 0 Å². The third-order valence-electron chi connectivity index (χ3n) is 3.71. The highest BCUT2D eigenvalue weighted by molar-refractivity contribution is 4.91. The van der Waals surface area contributed by atoms with Gasteiger partial charge in [0.15, 0.2) is 0 Å². The van der Waals surface area contributed by atoms with Crippen LogP contribution < -0.4 is 0 Å². The third-order valence-corrected chi connectivity index (χ3v) is 3.71. The van der Waals surface area contributed by atoms with Gasteiger partial charge in [0, 0.05) is 0 Å². The smallest absolute Gasteiger partial charge is 0.0208 e. The molecule has 0 N–H and O–H groups in total. The molecule has 0 aromatic heterocycles. The van der Waals surface area contributed by atoms with Crippen LogP contribution in [0.1, 0.15) is 64.7 Å². The highest BCUT2D eigenvalue weighted by atomic mass is 14.3. The van der Waals surface area contributed by atoms with Gasteiger partial charge in [-0.3, -0.25) is 0 Å². The fourth-order valence-corrected chi connectivity index (χ4v) is 2.45. The molecule has 1 aliphatic carbocycles. The van der Waals surface area contributed by atoms with E-state index in [1.54, 1.807) is 0 Å². The van der Waals surface area contributed by atoms with E-state index in [-0.39, 0.29) is 0 Å². The average Bonchev–Trinajstić information content (AvgIpc) is 2.15. The first kappa shape index (κ1) is 11.8. The Bertz CT molecular complexity index is 148. The predicted octanol–water partition coefficient (Wildman–Crippen LogP) is 4.95. The van der Waals surface area contributed by atoms with Crippen molar-refractivity contribution in [2.45, 2.75) is 64.7 Å². The normalized spacial score (nSPS) is 25.8. The van der Waals surface area contributed by atoms with E-state index >= 15 is 0 Å². The molecule has 14 heavy (non-hydrogen) atoms. The van der Waals surface area contributed by atoms with Gasteiger partial charge in [0.1, 0.15) is 0 Å². The summed E-state index contributed by atoms with van der Waals surface area (Å²) >= 11 is 0. The minimum atomic E-state index is 0.866. The van der Waals surface area contributed by atoms with Gasteiger partial charge in [-0.05, 0) is 31.1 Å². The second-order valence-corrected chi connectivity index (χ2v) is 4.79. The first-order valence-corrected chi connectivity index (χ1v) is 6.51. The summed E-state index contributed by atoms with van der Waals surface area (Å²) in [4.78, 5) is 0. The molecule has 0 aromatic carbocycles. The molecule has 0 heterocycles. The summed E-state index contributed by atoms with van der Waals surface area (Å²) < 4.78 is 0. The quantitative estimate of drug-likeness (QED) is 0.379. The fraction of sp³-hybridized carbons (Fsp3) is 0.857. The molecule has 1 saturated carbocycles. The first-order valence-electron chi connectivity index (χ1n) is 6.51. The molecular formula is C14H26. The van der Waals surface area contributed by atoms with Crippen LogP contribution in [0.3, 0.4) is 0 Å². The Morgan fingerprint density at radius 1 is 1.07 bits per heavy atom. The number of rotatable bonds is 8. The Kier molecular flexibility index (Phi) is 5.98. The van der Waals surface area contributed by atoms with E-state index in [9.17, 15) is 0 Å². The minimum Gasteiger partial charge on any atom is -0.103 e. The maximum absolute atomic E-state index is 3.90. The largest absolute Gasteiger partial charge is 0.103 e. The maximum Gasteiger partial charge on any atom is -0.0208 e. The second kappa shape index (κ2) is 7.09. The predicted molar refractivity (Wildman–Crippen MR) is 64.4 cm³/mol. The first-order chi connectivity index (χ1) is 6.88. The molecule has 1 fully saturated rings. The summed E-state index contributed by atoms with van der Waals surface area (Å²) in [5, 5.41) is 0. The van der Waals surface area contributed by atoms with Crippen LogP contribution in [0, 0.1) is 11.8 Å². The van der Waals surface area contributed by atoms with Gasteiger partial charge in [-0.15, -0.1) is 6.58 Å². The van der Waals surface area contributed by atoms with E-state index in [1.807, 2.05) is 0 Å². The highest BCUT2D eigenvalue weighted by Crippen LogP contribution is 2.38. The zero-order valence-corrected chi connectivity index (χ0v) is 9.80. The van der Waals surface area contributed by atoms with Crippen LogP contribution in [0.25, 0.3) is 0 Å². The summed E-state index contributed by atoms with van der Waals surface area (Å²) in [7, 11) is 0. The molecule has 0 saturated heterocycles. The van der Waals surface area contributed by atoms with Crippen molar-refractivity contribution in [3.05, 3.63) is 12.7 Å². The Hall–Kier alpha value is -0.260. The Morgan fingerprint density at radius 3 is 2.36 bits per heavy atom. The van der Waals surface area contributed by atoms with Crippen molar-refractivity contribution in [3.8, 4) is 0 Å². The molecular weight excluding hydrogens is 168 g/mol. The van der Waals surface area contributed by atoms with Gasteiger partial charge in [0.25, 0.3) is 0 Å². The van der Waals surface area contributed by atoms with Crippen LogP contribution >= 0.6 is 0 Å². The zero-order chi connectivity index (χ0) is 10.2. The topological polar surface area (TPSA) is 0 Å². The molecule has 1 aliphatic rings. The van der Waals surface area contributed by atoms with Crippen molar-refractivity contribution in [2.24, 2.45) is 11.8 Å². The number of hydrogen-bond acceptors (Lipinski definition) is 0. The molecule has 0 nitrogen and oxygen atoms in total. The molecule has 82 valence electrons. The third kappa shape index (κ3) is 3.86. The lowest BCUT2D eigenvalue weighted by molar-refractivity contribution is 0.207. The molecule has 0 amide bonds. The van der Waals surface area contributed by atoms with Gasteiger partial charge >= 0.3 is 0 Å². The molecule has 0 aromatic rings. The average molecular weight is 194 g/mol. The highest BCUT2D eigenvalue weighted by Gasteiger charge is 2.26. The molecule has 0 bridgehead atoms. The molecule has 2 atom stereocenters. The minimum absolute atomic E-state index is 0.866. The van der Waals surface area contributed by atoms with Crippen LogP contribution in [-0.4, -0.2) is 0 Å². The van der Waals surface area contributed by atoms with Gasteiger partial charge in [-0.2, -0.15) is 0 Å². The van der Waals surface area contributed by atoms with E-state index in [1.165, 1.54) is 57.8 Å². The molecule has 0 heteroatoms. The Morgan fingerprint density at radius 2 is 1.79 bits per heavy atom. The van der Waals surface area contributed by atoms with Gasteiger partial charge < -0.3 is 0 Å². The van der Waals surface area contributed by atoms with Crippen LogP contribution in [0.5, 0.6) is 0 Å². The van der Waals surface area contributed by atoms with E-state index in [2.05, 4.69) is 19.6 Å². The number of unbranched alkanes of at least 4 members (excludes halogenated alkanes) is 5. The zero-order valence-electron chi connectivity index (χ0n) is 9.80. The van der Waals surface area contributed by atoms with Gasteiger partial charge in [0.05, 0.1) is 0 Å². The summed E-state index contributed by atoms with van der Waals surface area (Å²) in [5.41, 5.74) is 0. The van der Waals surface area contributed by atoms with Crippen molar-refractivity contribution < 1.29 is 0 Å². The SMILES string of the molecule is C=CC1CCC1CCCCCCCC. The summed E-state index contributed by atoms with van der Waals surface area (Å²) in [6.07, 6.45) is 15.1. The van der Waals surface area contributed by atoms with Crippen LogP contribution in [0.2, 0.25) is 0 Å².